The zero-order valence-electron chi connectivity index (χ0n) is 24.8. The summed E-state index contributed by atoms with van der Waals surface area (Å²) in [4.78, 5) is 52.1. The van der Waals surface area contributed by atoms with Crippen molar-refractivity contribution in [3.8, 4) is 11.1 Å². The summed E-state index contributed by atoms with van der Waals surface area (Å²) < 4.78 is 44.4. The highest BCUT2D eigenvalue weighted by Crippen LogP contribution is 2.33. The molecule has 8 nitrogen and oxygen atoms in total. The topological polar surface area (TPSA) is 121 Å². The Bertz CT molecular complexity index is 1700. The van der Waals surface area contributed by atoms with E-state index < -0.39 is 47.6 Å². The molecule has 238 valence electrons. The molecule has 2 N–H and O–H groups in total. The Kier molecular flexibility index (Phi) is 9.94. The molecule has 0 heterocycles. The van der Waals surface area contributed by atoms with E-state index in [2.05, 4.69) is 0 Å². The predicted molar refractivity (Wildman–Crippen MR) is 163 cm³/mol. The number of anilines is 1. The van der Waals surface area contributed by atoms with Gasteiger partial charge in [0.25, 0.3) is 5.91 Å². The van der Waals surface area contributed by atoms with Crippen LogP contribution < -0.4 is 4.90 Å². The Balaban J connectivity index is 1.52. The van der Waals surface area contributed by atoms with Crippen LogP contribution in [0.25, 0.3) is 11.1 Å². The van der Waals surface area contributed by atoms with Gasteiger partial charge in [0.2, 0.25) is 5.41 Å². The Morgan fingerprint density at radius 3 is 1.85 bits per heavy atom. The standard InChI is InChI=1S/C35H30F3NO7/c1-22(2)39(31(41)29-11-7-6-10-28(29)24-14-16-26(17-15-24)35(36,37)38)27-18-12-23(13-19-27)20-30(40)46-21-34(32(42)43,33(44)45)25-8-4-3-5-9-25/h3-19,22H,20-21H2,1-2H3,(H,42,43)(H,44,45). The summed E-state index contributed by atoms with van der Waals surface area (Å²) in [7, 11) is 0. The van der Waals surface area contributed by atoms with Crippen LogP contribution in [-0.2, 0) is 37.1 Å². The van der Waals surface area contributed by atoms with E-state index in [1.807, 2.05) is 0 Å². The molecule has 0 aromatic heterocycles. The van der Waals surface area contributed by atoms with Gasteiger partial charge in [-0.15, -0.1) is 0 Å². The summed E-state index contributed by atoms with van der Waals surface area (Å²) in [5.74, 6) is -4.60. The van der Waals surface area contributed by atoms with Crippen molar-refractivity contribution in [3.63, 3.8) is 0 Å². The maximum absolute atomic E-state index is 13.9. The van der Waals surface area contributed by atoms with E-state index in [-0.39, 0.29) is 23.6 Å². The molecule has 0 saturated carbocycles. The number of rotatable bonds is 11. The number of nitrogens with zero attached hydrogens (tertiary/aromatic N) is 1. The molecule has 0 aliphatic heterocycles. The summed E-state index contributed by atoms with van der Waals surface area (Å²) in [5, 5.41) is 19.6. The van der Waals surface area contributed by atoms with Gasteiger partial charge in [-0.05, 0) is 66.4 Å². The lowest BCUT2D eigenvalue weighted by molar-refractivity contribution is -0.164. The number of esters is 1. The first-order chi connectivity index (χ1) is 21.8. The quantitative estimate of drug-likeness (QED) is 0.141. The van der Waals surface area contributed by atoms with Crippen molar-refractivity contribution in [2.75, 3.05) is 11.5 Å². The van der Waals surface area contributed by atoms with Crippen LogP contribution in [0, 0.1) is 0 Å². The average Bonchev–Trinajstić information content (AvgIpc) is 3.02. The first kappa shape index (κ1) is 33.4. The van der Waals surface area contributed by atoms with Crippen LogP contribution in [0.3, 0.4) is 0 Å². The molecular weight excluding hydrogens is 603 g/mol. The third-order valence-corrected chi connectivity index (χ3v) is 7.43. The van der Waals surface area contributed by atoms with Gasteiger partial charge >= 0.3 is 24.1 Å². The summed E-state index contributed by atoms with van der Waals surface area (Å²) >= 11 is 0. The number of carbonyl (C=O) groups is 4. The summed E-state index contributed by atoms with van der Waals surface area (Å²) in [6, 6.07) is 24.5. The molecular formula is C35H30F3NO7. The van der Waals surface area contributed by atoms with Crippen LogP contribution in [0.4, 0.5) is 18.9 Å². The lowest BCUT2D eigenvalue weighted by Gasteiger charge is -2.28. The normalized spacial score (nSPS) is 11.6. The molecule has 0 radical (unpaired) electrons. The number of carboxylic acid groups (broad SMARTS) is 2. The van der Waals surface area contributed by atoms with Gasteiger partial charge < -0.3 is 19.8 Å². The lowest BCUT2D eigenvalue weighted by Crippen LogP contribution is -2.48. The first-order valence-corrected chi connectivity index (χ1v) is 14.1. The Hall–Kier alpha value is -5.45. The molecule has 11 heteroatoms. The number of hydrogen-bond acceptors (Lipinski definition) is 5. The van der Waals surface area contributed by atoms with Gasteiger partial charge in [-0.1, -0.05) is 72.8 Å². The fraction of sp³-hybridized carbons (Fsp3) is 0.200. The third-order valence-electron chi connectivity index (χ3n) is 7.43. The van der Waals surface area contributed by atoms with Gasteiger partial charge in [-0.3, -0.25) is 19.2 Å². The van der Waals surface area contributed by atoms with Crippen molar-refractivity contribution >= 4 is 29.5 Å². The second-order valence-electron chi connectivity index (χ2n) is 10.8. The molecule has 0 atom stereocenters. The number of alkyl halides is 3. The largest absolute Gasteiger partial charge is 0.480 e. The van der Waals surface area contributed by atoms with Gasteiger partial charge in [0.1, 0.15) is 6.61 Å². The number of halogens is 3. The minimum Gasteiger partial charge on any atom is -0.480 e. The predicted octanol–water partition coefficient (Wildman–Crippen LogP) is 6.62. The lowest BCUT2D eigenvalue weighted by atomic mass is 9.81. The Labute approximate surface area is 262 Å². The third kappa shape index (κ3) is 7.09. The zero-order valence-corrected chi connectivity index (χ0v) is 24.8. The monoisotopic (exact) mass is 633 g/mol. The minimum atomic E-state index is -4.49. The molecule has 0 aliphatic rings. The molecule has 1 amide bonds. The summed E-state index contributed by atoms with van der Waals surface area (Å²) in [6.45, 7) is 2.67. The van der Waals surface area contributed by atoms with Crippen LogP contribution in [0.1, 0.15) is 40.9 Å². The van der Waals surface area contributed by atoms with Gasteiger partial charge in [0.05, 0.1) is 12.0 Å². The smallest absolute Gasteiger partial charge is 0.416 e. The molecule has 0 unspecified atom stereocenters. The van der Waals surface area contributed by atoms with Crippen molar-refractivity contribution < 1.29 is 47.3 Å². The molecule has 46 heavy (non-hydrogen) atoms. The fourth-order valence-electron chi connectivity index (χ4n) is 4.99. The Morgan fingerprint density at radius 1 is 0.739 bits per heavy atom. The number of carbonyl (C=O) groups excluding carboxylic acids is 2. The Morgan fingerprint density at radius 2 is 1.30 bits per heavy atom. The highest BCUT2D eigenvalue weighted by atomic mass is 19.4. The fourth-order valence-corrected chi connectivity index (χ4v) is 4.99. The van der Waals surface area contributed by atoms with Crippen LogP contribution in [-0.4, -0.2) is 46.7 Å². The SMILES string of the molecule is CC(C)N(C(=O)c1ccccc1-c1ccc(C(F)(F)F)cc1)c1ccc(CC(=O)OCC(C(=O)O)(C(=O)O)c2ccccc2)cc1. The number of ether oxygens (including phenoxy) is 1. The number of hydrogen-bond donors (Lipinski definition) is 2. The zero-order chi connectivity index (χ0) is 33.6. The minimum absolute atomic E-state index is 0.0505. The summed E-state index contributed by atoms with van der Waals surface area (Å²) in [5.41, 5.74) is -1.21. The summed E-state index contributed by atoms with van der Waals surface area (Å²) in [6.07, 6.45) is -4.79. The van der Waals surface area contributed by atoms with E-state index in [1.165, 1.54) is 41.3 Å². The van der Waals surface area contributed by atoms with Crippen molar-refractivity contribution in [1.82, 2.24) is 0 Å². The second kappa shape index (κ2) is 13.7. The maximum atomic E-state index is 13.9. The molecule has 4 rings (SSSR count). The van der Waals surface area contributed by atoms with Crippen LogP contribution >= 0.6 is 0 Å². The molecule has 4 aromatic carbocycles. The van der Waals surface area contributed by atoms with E-state index in [0.717, 1.165) is 12.1 Å². The van der Waals surface area contributed by atoms with Gasteiger partial charge in [-0.2, -0.15) is 13.2 Å². The van der Waals surface area contributed by atoms with E-state index in [1.54, 1.807) is 68.4 Å². The average molecular weight is 634 g/mol. The number of benzene rings is 4. The maximum Gasteiger partial charge on any atom is 0.416 e. The molecule has 4 aromatic rings. The van der Waals surface area contributed by atoms with E-state index >= 15 is 0 Å². The van der Waals surface area contributed by atoms with Crippen molar-refractivity contribution in [1.29, 1.82) is 0 Å². The van der Waals surface area contributed by atoms with Crippen molar-refractivity contribution in [2.45, 2.75) is 37.9 Å². The molecule has 0 saturated heterocycles. The molecule has 0 fully saturated rings. The van der Waals surface area contributed by atoms with Gasteiger partial charge in [-0.25, -0.2) is 0 Å². The van der Waals surface area contributed by atoms with Crippen molar-refractivity contribution in [2.24, 2.45) is 0 Å². The highest BCUT2D eigenvalue weighted by molar-refractivity contribution is 6.10. The van der Waals surface area contributed by atoms with E-state index in [9.17, 15) is 42.6 Å². The molecule has 0 spiro atoms. The number of aliphatic carboxylic acids is 2. The van der Waals surface area contributed by atoms with Gasteiger partial charge in [0, 0.05) is 17.3 Å². The van der Waals surface area contributed by atoms with E-state index in [4.69, 9.17) is 4.74 Å². The van der Waals surface area contributed by atoms with E-state index in [0.29, 0.717) is 22.4 Å². The second-order valence-corrected chi connectivity index (χ2v) is 10.8. The van der Waals surface area contributed by atoms with Crippen LogP contribution in [0.2, 0.25) is 0 Å². The van der Waals surface area contributed by atoms with Crippen LogP contribution in [0.5, 0.6) is 0 Å². The molecule has 0 bridgehead atoms. The first-order valence-electron chi connectivity index (χ1n) is 14.1. The van der Waals surface area contributed by atoms with Gasteiger partial charge in [0.15, 0.2) is 0 Å². The highest BCUT2D eigenvalue weighted by Gasteiger charge is 2.50. The number of amides is 1. The van der Waals surface area contributed by atoms with Crippen molar-refractivity contribution in [3.05, 3.63) is 125 Å². The van der Waals surface area contributed by atoms with Crippen LogP contribution in [0.15, 0.2) is 103 Å². The number of carboxylic acids is 2. The molecule has 0 aliphatic carbocycles.